The summed E-state index contributed by atoms with van der Waals surface area (Å²) in [7, 11) is 1.73. The van der Waals surface area contributed by atoms with Gasteiger partial charge in [0.05, 0.1) is 0 Å². The lowest BCUT2D eigenvalue weighted by Crippen LogP contribution is -2.37. The number of hydrogen-bond acceptors (Lipinski definition) is 3. The number of halogens is 1. The molecule has 1 aromatic carbocycles. The maximum Gasteiger partial charge on any atom is 0.255 e. The number of amides is 1. The van der Waals surface area contributed by atoms with Crippen molar-refractivity contribution in [2.45, 2.75) is 18.9 Å². The van der Waals surface area contributed by atoms with Crippen LogP contribution >= 0.6 is 11.6 Å². The Bertz CT molecular complexity index is 460. The standard InChI is InChI=1S/C15H20ClNO3/c1-17(10-11-5-7-20-8-6-11)15(19)14(18)12-3-2-4-13(16)9-12/h2-4,9,11,14,18H,5-8,10H2,1H3/t14-/m1/s1. The van der Waals surface area contributed by atoms with Gasteiger partial charge in [-0.3, -0.25) is 4.79 Å². The molecule has 1 amide bonds. The summed E-state index contributed by atoms with van der Waals surface area (Å²) in [6.45, 7) is 2.16. The molecule has 1 fully saturated rings. The van der Waals surface area contributed by atoms with E-state index in [0.717, 1.165) is 26.1 Å². The first-order valence-electron chi connectivity index (χ1n) is 6.84. The van der Waals surface area contributed by atoms with Crippen LogP contribution in [-0.4, -0.2) is 42.7 Å². The molecule has 4 nitrogen and oxygen atoms in total. The van der Waals surface area contributed by atoms with E-state index in [2.05, 4.69) is 0 Å². The highest BCUT2D eigenvalue weighted by Gasteiger charge is 2.24. The molecular weight excluding hydrogens is 278 g/mol. The normalized spacial score (nSPS) is 17.8. The molecule has 1 aliphatic heterocycles. The van der Waals surface area contributed by atoms with Gasteiger partial charge >= 0.3 is 0 Å². The lowest BCUT2D eigenvalue weighted by Gasteiger charge is -2.28. The number of likely N-dealkylation sites (N-methyl/N-ethyl adjacent to an activating group) is 1. The first-order valence-corrected chi connectivity index (χ1v) is 7.22. The third-order valence-corrected chi connectivity index (χ3v) is 3.88. The molecule has 1 aromatic rings. The van der Waals surface area contributed by atoms with Crippen LogP contribution in [0.3, 0.4) is 0 Å². The number of hydrogen-bond donors (Lipinski definition) is 1. The summed E-state index contributed by atoms with van der Waals surface area (Å²) in [6, 6.07) is 6.77. The molecular formula is C15H20ClNO3. The fourth-order valence-corrected chi connectivity index (χ4v) is 2.63. The predicted octanol–water partition coefficient (Wildman–Crippen LogP) is 2.26. The molecule has 1 N–H and O–H groups in total. The van der Waals surface area contributed by atoms with Gasteiger partial charge in [0.2, 0.25) is 0 Å². The molecule has 0 aromatic heterocycles. The molecule has 0 bridgehead atoms. The van der Waals surface area contributed by atoms with Crippen molar-refractivity contribution < 1.29 is 14.6 Å². The van der Waals surface area contributed by atoms with Crippen LogP contribution in [0.5, 0.6) is 0 Å². The highest BCUT2D eigenvalue weighted by Crippen LogP contribution is 2.21. The summed E-state index contributed by atoms with van der Waals surface area (Å²) in [5, 5.41) is 10.7. The highest BCUT2D eigenvalue weighted by molar-refractivity contribution is 6.30. The number of aliphatic hydroxyl groups is 1. The number of rotatable bonds is 4. The minimum Gasteiger partial charge on any atom is -0.381 e. The minimum atomic E-state index is -1.15. The van der Waals surface area contributed by atoms with Gasteiger partial charge in [-0.05, 0) is 36.5 Å². The third-order valence-electron chi connectivity index (χ3n) is 3.65. The van der Waals surface area contributed by atoms with Crippen molar-refractivity contribution in [1.82, 2.24) is 4.90 Å². The Balaban J connectivity index is 1.95. The van der Waals surface area contributed by atoms with Gasteiger partial charge in [-0.15, -0.1) is 0 Å². The highest BCUT2D eigenvalue weighted by atomic mass is 35.5. The summed E-state index contributed by atoms with van der Waals surface area (Å²) in [5.41, 5.74) is 0.529. The molecule has 0 saturated carbocycles. The zero-order chi connectivity index (χ0) is 14.5. The predicted molar refractivity (Wildman–Crippen MR) is 77.6 cm³/mol. The molecule has 5 heteroatoms. The molecule has 2 rings (SSSR count). The fraction of sp³-hybridized carbons (Fsp3) is 0.533. The van der Waals surface area contributed by atoms with E-state index < -0.39 is 6.10 Å². The van der Waals surface area contributed by atoms with Gasteiger partial charge in [0.15, 0.2) is 6.10 Å². The average molecular weight is 298 g/mol. The van der Waals surface area contributed by atoms with Crippen molar-refractivity contribution >= 4 is 17.5 Å². The zero-order valence-corrected chi connectivity index (χ0v) is 12.3. The molecule has 1 saturated heterocycles. The molecule has 0 unspecified atom stereocenters. The van der Waals surface area contributed by atoms with Crippen LogP contribution in [0.2, 0.25) is 5.02 Å². The van der Waals surface area contributed by atoms with E-state index in [0.29, 0.717) is 23.0 Å². The number of benzene rings is 1. The van der Waals surface area contributed by atoms with Crippen LogP contribution in [0.25, 0.3) is 0 Å². The number of ether oxygens (including phenoxy) is 1. The Labute approximate surface area is 124 Å². The van der Waals surface area contributed by atoms with Gasteiger partial charge in [0.25, 0.3) is 5.91 Å². The number of carbonyl (C=O) groups excluding carboxylic acids is 1. The van der Waals surface area contributed by atoms with Crippen LogP contribution in [0.4, 0.5) is 0 Å². The number of aliphatic hydroxyl groups excluding tert-OH is 1. The van der Waals surface area contributed by atoms with Crippen LogP contribution in [0, 0.1) is 5.92 Å². The SMILES string of the molecule is CN(CC1CCOCC1)C(=O)[C@H](O)c1cccc(Cl)c1. The Morgan fingerprint density at radius 1 is 1.50 bits per heavy atom. The second-order valence-electron chi connectivity index (χ2n) is 5.23. The van der Waals surface area contributed by atoms with E-state index in [1.807, 2.05) is 0 Å². The second kappa shape index (κ2) is 7.07. The lowest BCUT2D eigenvalue weighted by atomic mass is 9.99. The van der Waals surface area contributed by atoms with Crippen molar-refractivity contribution in [2.75, 3.05) is 26.8 Å². The Kier molecular flexibility index (Phi) is 5.40. The van der Waals surface area contributed by atoms with Crippen molar-refractivity contribution in [3.05, 3.63) is 34.9 Å². The summed E-state index contributed by atoms with van der Waals surface area (Å²) >= 11 is 5.88. The number of nitrogens with zero attached hydrogens (tertiary/aromatic N) is 1. The van der Waals surface area contributed by atoms with E-state index in [1.54, 1.807) is 36.2 Å². The molecule has 1 atom stereocenters. The van der Waals surface area contributed by atoms with Gasteiger partial charge in [0.1, 0.15) is 0 Å². The van der Waals surface area contributed by atoms with Crippen molar-refractivity contribution in [3.63, 3.8) is 0 Å². The molecule has 0 spiro atoms. The van der Waals surface area contributed by atoms with Crippen LogP contribution < -0.4 is 0 Å². The largest absolute Gasteiger partial charge is 0.381 e. The average Bonchev–Trinajstić information content (AvgIpc) is 2.46. The van der Waals surface area contributed by atoms with Gasteiger partial charge in [-0.1, -0.05) is 23.7 Å². The van der Waals surface area contributed by atoms with E-state index in [1.165, 1.54) is 0 Å². The molecule has 0 radical (unpaired) electrons. The molecule has 1 aliphatic rings. The smallest absolute Gasteiger partial charge is 0.255 e. The van der Waals surface area contributed by atoms with E-state index in [4.69, 9.17) is 16.3 Å². The molecule has 20 heavy (non-hydrogen) atoms. The Morgan fingerprint density at radius 2 is 2.20 bits per heavy atom. The molecule has 1 heterocycles. The van der Waals surface area contributed by atoms with Crippen molar-refractivity contribution in [3.8, 4) is 0 Å². The third kappa shape index (κ3) is 3.95. The maximum absolute atomic E-state index is 12.2. The summed E-state index contributed by atoms with van der Waals surface area (Å²) in [6.07, 6.45) is 0.772. The maximum atomic E-state index is 12.2. The molecule has 0 aliphatic carbocycles. The van der Waals surface area contributed by atoms with Gasteiger partial charge < -0.3 is 14.7 Å². The van der Waals surface area contributed by atoms with E-state index in [-0.39, 0.29) is 5.91 Å². The van der Waals surface area contributed by atoms with Gasteiger partial charge in [0, 0.05) is 31.8 Å². The monoisotopic (exact) mass is 297 g/mol. The van der Waals surface area contributed by atoms with Crippen LogP contribution in [-0.2, 0) is 9.53 Å². The molecule has 110 valence electrons. The van der Waals surface area contributed by atoms with E-state index in [9.17, 15) is 9.90 Å². The van der Waals surface area contributed by atoms with Crippen LogP contribution in [0.15, 0.2) is 24.3 Å². The Morgan fingerprint density at radius 3 is 2.85 bits per heavy atom. The van der Waals surface area contributed by atoms with Crippen LogP contribution in [0.1, 0.15) is 24.5 Å². The summed E-state index contributed by atoms with van der Waals surface area (Å²) < 4.78 is 5.30. The first-order chi connectivity index (χ1) is 9.58. The lowest BCUT2D eigenvalue weighted by molar-refractivity contribution is -0.140. The van der Waals surface area contributed by atoms with E-state index >= 15 is 0 Å². The topological polar surface area (TPSA) is 49.8 Å². The summed E-state index contributed by atoms with van der Waals surface area (Å²) in [5.74, 6) is 0.156. The zero-order valence-electron chi connectivity index (χ0n) is 11.6. The quantitative estimate of drug-likeness (QED) is 0.927. The fourth-order valence-electron chi connectivity index (χ4n) is 2.43. The Hall–Kier alpha value is -1.10. The van der Waals surface area contributed by atoms with Crippen molar-refractivity contribution in [2.24, 2.45) is 5.92 Å². The van der Waals surface area contributed by atoms with Gasteiger partial charge in [-0.2, -0.15) is 0 Å². The van der Waals surface area contributed by atoms with Crippen molar-refractivity contribution in [1.29, 1.82) is 0 Å². The summed E-state index contributed by atoms with van der Waals surface area (Å²) in [4.78, 5) is 13.8. The van der Waals surface area contributed by atoms with Gasteiger partial charge in [-0.25, -0.2) is 0 Å². The second-order valence-corrected chi connectivity index (χ2v) is 5.67. The number of carbonyl (C=O) groups is 1. The minimum absolute atomic E-state index is 0.293. The first kappa shape index (κ1) is 15.3.